The number of aromatic amines is 1. The van der Waals surface area contributed by atoms with Crippen molar-refractivity contribution < 1.29 is 4.79 Å². The molecule has 0 bridgehead atoms. The van der Waals surface area contributed by atoms with Crippen LogP contribution in [0, 0.1) is 0 Å². The zero-order chi connectivity index (χ0) is 17.1. The van der Waals surface area contributed by atoms with Gasteiger partial charge >= 0.3 is 0 Å². The summed E-state index contributed by atoms with van der Waals surface area (Å²) in [6.45, 7) is 1.76. The van der Waals surface area contributed by atoms with E-state index in [4.69, 9.17) is 0 Å². The number of rotatable bonds is 5. The average Bonchev–Trinajstić information content (AvgIpc) is 3.15. The molecule has 2 heterocycles. The van der Waals surface area contributed by atoms with E-state index in [1.54, 1.807) is 0 Å². The number of nitrogens with one attached hydrogen (secondary N) is 2. The van der Waals surface area contributed by atoms with Crippen molar-refractivity contribution in [1.82, 2.24) is 20.1 Å². The number of hydrogen-bond acceptors (Lipinski definition) is 4. The molecule has 0 aliphatic carbocycles. The maximum atomic E-state index is 12.5. The van der Waals surface area contributed by atoms with Gasteiger partial charge in [0.15, 0.2) is 5.82 Å². The molecule has 4 rings (SSSR count). The SMILES string of the molecule is O=C(Nc1ccc(-c2ncn[nH]2)cc1)[C@H]1CCN1Cc1ccccc1. The molecule has 126 valence electrons. The minimum Gasteiger partial charge on any atom is -0.325 e. The van der Waals surface area contributed by atoms with Crippen LogP contribution in [0.15, 0.2) is 60.9 Å². The number of carbonyl (C=O) groups is 1. The van der Waals surface area contributed by atoms with Gasteiger partial charge in [0, 0.05) is 24.3 Å². The van der Waals surface area contributed by atoms with Crippen molar-refractivity contribution in [3.63, 3.8) is 0 Å². The summed E-state index contributed by atoms with van der Waals surface area (Å²) >= 11 is 0. The number of benzene rings is 2. The van der Waals surface area contributed by atoms with E-state index in [0.29, 0.717) is 5.82 Å². The fourth-order valence-electron chi connectivity index (χ4n) is 3.03. The minimum atomic E-state index is -0.0610. The summed E-state index contributed by atoms with van der Waals surface area (Å²) in [5, 5.41) is 9.67. The number of anilines is 1. The van der Waals surface area contributed by atoms with E-state index in [1.165, 1.54) is 11.9 Å². The zero-order valence-corrected chi connectivity index (χ0v) is 13.7. The van der Waals surface area contributed by atoms with E-state index in [0.717, 1.165) is 30.8 Å². The molecule has 2 N–H and O–H groups in total. The molecular weight excluding hydrogens is 314 g/mol. The lowest BCUT2D eigenvalue weighted by Gasteiger charge is -2.39. The minimum absolute atomic E-state index is 0.0506. The van der Waals surface area contributed by atoms with Crippen LogP contribution in [0.5, 0.6) is 0 Å². The first kappa shape index (κ1) is 15.5. The predicted octanol–water partition coefficient (Wildman–Crippen LogP) is 2.68. The molecule has 1 aromatic heterocycles. The van der Waals surface area contributed by atoms with Crippen molar-refractivity contribution in [3.05, 3.63) is 66.5 Å². The summed E-state index contributed by atoms with van der Waals surface area (Å²) in [4.78, 5) is 18.8. The lowest BCUT2D eigenvalue weighted by molar-refractivity contribution is -0.125. The highest BCUT2D eigenvalue weighted by Gasteiger charge is 2.33. The van der Waals surface area contributed by atoms with E-state index < -0.39 is 0 Å². The molecule has 1 amide bonds. The van der Waals surface area contributed by atoms with Crippen molar-refractivity contribution in [2.45, 2.75) is 19.0 Å². The molecule has 1 saturated heterocycles. The van der Waals surface area contributed by atoms with Crippen molar-refractivity contribution in [2.24, 2.45) is 0 Å². The number of amides is 1. The lowest BCUT2D eigenvalue weighted by Crippen LogP contribution is -2.53. The first-order valence-electron chi connectivity index (χ1n) is 8.34. The Morgan fingerprint density at radius 3 is 2.60 bits per heavy atom. The van der Waals surface area contributed by atoms with Crippen LogP contribution in [0.1, 0.15) is 12.0 Å². The average molecular weight is 333 g/mol. The van der Waals surface area contributed by atoms with Gasteiger partial charge in [-0.1, -0.05) is 30.3 Å². The first-order valence-corrected chi connectivity index (χ1v) is 8.34. The van der Waals surface area contributed by atoms with Gasteiger partial charge in [-0.05, 0) is 36.2 Å². The third kappa shape index (κ3) is 3.44. The van der Waals surface area contributed by atoms with Gasteiger partial charge in [0.05, 0.1) is 6.04 Å². The first-order chi connectivity index (χ1) is 12.3. The van der Waals surface area contributed by atoms with E-state index in [2.05, 4.69) is 37.5 Å². The van der Waals surface area contributed by atoms with Gasteiger partial charge in [-0.25, -0.2) is 4.98 Å². The topological polar surface area (TPSA) is 73.9 Å². The van der Waals surface area contributed by atoms with Crippen LogP contribution in [0.3, 0.4) is 0 Å². The van der Waals surface area contributed by atoms with E-state index in [1.807, 2.05) is 42.5 Å². The number of aromatic nitrogens is 3. The third-order valence-electron chi connectivity index (χ3n) is 4.50. The van der Waals surface area contributed by atoms with Crippen LogP contribution in [-0.4, -0.2) is 38.6 Å². The molecule has 0 radical (unpaired) electrons. The standard InChI is InChI=1S/C19H19N5O/c25-19(17-10-11-24(17)12-14-4-2-1-3-5-14)22-16-8-6-15(7-9-16)18-20-13-21-23-18/h1-9,13,17H,10-12H2,(H,22,25)(H,20,21,23)/t17-/m1/s1. The highest BCUT2D eigenvalue weighted by atomic mass is 16.2. The van der Waals surface area contributed by atoms with Crippen molar-refractivity contribution in [1.29, 1.82) is 0 Å². The van der Waals surface area contributed by atoms with Crippen LogP contribution < -0.4 is 5.32 Å². The molecule has 0 saturated carbocycles. The highest BCUT2D eigenvalue weighted by Crippen LogP contribution is 2.23. The predicted molar refractivity (Wildman–Crippen MR) is 95.7 cm³/mol. The van der Waals surface area contributed by atoms with E-state index >= 15 is 0 Å². The molecular formula is C19H19N5O. The Hall–Kier alpha value is -2.99. The van der Waals surface area contributed by atoms with Crippen LogP contribution in [-0.2, 0) is 11.3 Å². The van der Waals surface area contributed by atoms with E-state index in [9.17, 15) is 4.79 Å². The molecule has 0 unspecified atom stereocenters. The van der Waals surface area contributed by atoms with Crippen LogP contribution in [0.25, 0.3) is 11.4 Å². The Bertz CT molecular complexity index is 830. The molecule has 6 heteroatoms. The van der Waals surface area contributed by atoms with Crippen molar-refractivity contribution in [3.8, 4) is 11.4 Å². The smallest absolute Gasteiger partial charge is 0.241 e. The fraction of sp³-hybridized carbons (Fsp3) is 0.211. The Labute approximate surface area is 145 Å². The van der Waals surface area contributed by atoms with Crippen LogP contribution in [0.4, 0.5) is 5.69 Å². The molecule has 6 nitrogen and oxygen atoms in total. The molecule has 25 heavy (non-hydrogen) atoms. The number of nitrogens with zero attached hydrogens (tertiary/aromatic N) is 3. The van der Waals surface area contributed by atoms with E-state index in [-0.39, 0.29) is 11.9 Å². The van der Waals surface area contributed by atoms with Crippen molar-refractivity contribution in [2.75, 3.05) is 11.9 Å². The number of carbonyl (C=O) groups excluding carboxylic acids is 1. The largest absolute Gasteiger partial charge is 0.325 e. The second-order valence-electron chi connectivity index (χ2n) is 6.16. The summed E-state index contributed by atoms with van der Waals surface area (Å²) in [6.07, 6.45) is 2.37. The quantitative estimate of drug-likeness (QED) is 0.753. The van der Waals surface area contributed by atoms with Gasteiger partial charge < -0.3 is 5.32 Å². The second-order valence-corrected chi connectivity index (χ2v) is 6.16. The van der Waals surface area contributed by atoms with Gasteiger partial charge in [-0.15, -0.1) is 0 Å². The number of likely N-dealkylation sites (tertiary alicyclic amines) is 1. The Kier molecular flexibility index (Phi) is 4.26. The summed E-state index contributed by atoms with van der Waals surface area (Å²) in [6, 6.07) is 17.8. The molecule has 2 aromatic carbocycles. The lowest BCUT2D eigenvalue weighted by atomic mass is 10.0. The summed E-state index contributed by atoms with van der Waals surface area (Å²) in [5.74, 6) is 0.764. The summed E-state index contributed by atoms with van der Waals surface area (Å²) < 4.78 is 0. The third-order valence-corrected chi connectivity index (χ3v) is 4.50. The monoisotopic (exact) mass is 333 g/mol. The Morgan fingerprint density at radius 1 is 1.16 bits per heavy atom. The number of hydrogen-bond donors (Lipinski definition) is 2. The highest BCUT2D eigenvalue weighted by molar-refractivity contribution is 5.95. The van der Waals surface area contributed by atoms with Gasteiger partial charge in [-0.2, -0.15) is 5.10 Å². The second kappa shape index (κ2) is 6.86. The van der Waals surface area contributed by atoms with Crippen LogP contribution in [0.2, 0.25) is 0 Å². The number of H-pyrrole nitrogens is 1. The van der Waals surface area contributed by atoms with Gasteiger partial charge in [-0.3, -0.25) is 14.8 Å². The maximum absolute atomic E-state index is 12.5. The molecule has 3 aromatic rings. The summed E-state index contributed by atoms with van der Waals surface area (Å²) in [7, 11) is 0. The van der Waals surface area contributed by atoms with Gasteiger partial charge in [0.25, 0.3) is 0 Å². The fourth-order valence-corrected chi connectivity index (χ4v) is 3.03. The molecule has 1 aliphatic heterocycles. The summed E-state index contributed by atoms with van der Waals surface area (Å²) in [5.41, 5.74) is 2.96. The molecule has 1 fully saturated rings. The molecule has 1 atom stereocenters. The molecule has 1 aliphatic rings. The zero-order valence-electron chi connectivity index (χ0n) is 13.7. The maximum Gasteiger partial charge on any atom is 0.241 e. The Balaban J connectivity index is 1.37. The molecule has 0 spiro atoms. The Morgan fingerprint density at radius 2 is 1.96 bits per heavy atom. The van der Waals surface area contributed by atoms with Gasteiger partial charge in [0.1, 0.15) is 6.33 Å². The van der Waals surface area contributed by atoms with Gasteiger partial charge in [0.2, 0.25) is 5.91 Å². The normalized spacial score (nSPS) is 17.0. The van der Waals surface area contributed by atoms with Crippen molar-refractivity contribution >= 4 is 11.6 Å². The van der Waals surface area contributed by atoms with Crippen LogP contribution >= 0.6 is 0 Å².